The molecule has 28 heavy (non-hydrogen) atoms. The van der Waals surface area contributed by atoms with Crippen LogP contribution < -0.4 is 4.74 Å². The number of phenolic OH excluding ortho intramolecular Hbond substituents is 1. The summed E-state index contributed by atoms with van der Waals surface area (Å²) in [6, 6.07) is 15.0. The number of phenols is 1. The van der Waals surface area contributed by atoms with Crippen LogP contribution in [0, 0.1) is 0 Å². The zero-order valence-corrected chi connectivity index (χ0v) is 14.8. The Labute approximate surface area is 159 Å². The Morgan fingerprint density at radius 3 is 2.32 bits per heavy atom. The van der Waals surface area contributed by atoms with Gasteiger partial charge in [0.1, 0.15) is 22.8 Å². The summed E-state index contributed by atoms with van der Waals surface area (Å²) in [7, 11) is 1.52. The Balaban J connectivity index is 1.73. The number of aromatic amines is 1. The lowest BCUT2D eigenvalue weighted by Crippen LogP contribution is -2.21. The van der Waals surface area contributed by atoms with Crippen LogP contribution in [-0.2, 0) is 0 Å². The summed E-state index contributed by atoms with van der Waals surface area (Å²) in [5.41, 5.74) is 2.91. The van der Waals surface area contributed by atoms with E-state index in [0.717, 1.165) is 0 Å². The molecule has 0 aliphatic heterocycles. The van der Waals surface area contributed by atoms with Gasteiger partial charge in [-0.2, -0.15) is 0 Å². The molecule has 6 heteroatoms. The molecule has 1 aliphatic rings. The number of imidazole rings is 1. The van der Waals surface area contributed by atoms with E-state index in [-0.39, 0.29) is 22.9 Å². The number of aromatic hydroxyl groups is 1. The van der Waals surface area contributed by atoms with Gasteiger partial charge in [0.25, 0.3) is 0 Å². The molecule has 2 N–H and O–H groups in total. The highest BCUT2D eigenvalue weighted by molar-refractivity contribution is 6.31. The molecule has 1 heterocycles. The lowest BCUT2D eigenvalue weighted by molar-refractivity contribution is 0.0980. The third-order valence-corrected chi connectivity index (χ3v) is 5.00. The van der Waals surface area contributed by atoms with Crippen LogP contribution in [-0.4, -0.2) is 33.8 Å². The predicted octanol–water partition coefficient (Wildman–Crippen LogP) is 3.72. The molecular formula is C22H14N2O4. The van der Waals surface area contributed by atoms with Crippen LogP contribution >= 0.6 is 0 Å². The summed E-state index contributed by atoms with van der Waals surface area (Å²) in [5.74, 6) is 0.506. The van der Waals surface area contributed by atoms with Crippen LogP contribution in [0.3, 0.4) is 0 Å². The number of nitrogens with zero attached hydrogens (tertiary/aromatic N) is 1. The minimum atomic E-state index is -0.229. The van der Waals surface area contributed by atoms with Crippen molar-refractivity contribution in [2.24, 2.45) is 0 Å². The van der Waals surface area contributed by atoms with E-state index in [1.165, 1.54) is 13.2 Å². The second-order valence-electron chi connectivity index (χ2n) is 6.56. The normalized spacial score (nSPS) is 12.8. The molecule has 0 atom stereocenters. The van der Waals surface area contributed by atoms with Crippen LogP contribution in [0.1, 0.15) is 31.8 Å². The molecule has 3 aromatic carbocycles. The van der Waals surface area contributed by atoms with E-state index in [9.17, 15) is 14.7 Å². The molecule has 1 aliphatic carbocycles. The lowest BCUT2D eigenvalue weighted by atomic mass is 9.83. The Bertz CT molecular complexity index is 1300. The molecule has 0 saturated carbocycles. The van der Waals surface area contributed by atoms with E-state index >= 15 is 0 Å². The van der Waals surface area contributed by atoms with Crippen molar-refractivity contribution < 1.29 is 19.4 Å². The van der Waals surface area contributed by atoms with Crippen LogP contribution in [0.15, 0.2) is 54.6 Å². The van der Waals surface area contributed by atoms with Gasteiger partial charge in [-0.3, -0.25) is 9.59 Å². The number of benzene rings is 3. The van der Waals surface area contributed by atoms with Crippen LogP contribution in [0.4, 0.5) is 0 Å². The summed E-state index contributed by atoms with van der Waals surface area (Å²) >= 11 is 0. The van der Waals surface area contributed by atoms with Gasteiger partial charge in [0.05, 0.1) is 23.8 Å². The van der Waals surface area contributed by atoms with Crippen molar-refractivity contribution in [3.63, 3.8) is 0 Å². The number of carbonyl (C=O) groups excluding carboxylic acids is 2. The smallest absolute Gasteiger partial charge is 0.196 e. The monoisotopic (exact) mass is 370 g/mol. The first kappa shape index (κ1) is 16.3. The van der Waals surface area contributed by atoms with Gasteiger partial charge in [-0.15, -0.1) is 0 Å². The molecular weight excluding hydrogens is 356 g/mol. The van der Waals surface area contributed by atoms with Crippen molar-refractivity contribution >= 4 is 22.6 Å². The van der Waals surface area contributed by atoms with Gasteiger partial charge in [0, 0.05) is 22.8 Å². The summed E-state index contributed by atoms with van der Waals surface area (Å²) in [6.07, 6.45) is 0. The number of carbonyl (C=O) groups is 2. The zero-order valence-electron chi connectivity index (χ0n) is 14.8. The molecule has 6 nitrogen and oxygen atoms in total. The van der Waals surface area contributed by atoms with Crippen LogP contribution in [0.2, 0.25) is 0 Å². The molecule has 136 valence electrons. The third kappa shape index (κ3) is 2.18. The number of fused-ring (bicyclic) bond motifs is 4. The zero-order chi connectivity index (χ0) is 19.4. The van der Waals surface area contributed by atoms with E-state index in [4.69, 9.17) is 4.74 Å². The standard InChI is InChI=1S/C22H14N2O4/c1-28-11-6-7-14(17(25)10-11)22-23-16-9-8-15-18(19(16)24-22)21(27)13-5-3-2-4-12(13)20(15)26/h2-10,25H,1H3,(H,23,24). The number of nitrogens with one attached hydrogen (secondary N) is 1. The minimum Gasteiger partial charge on any atom is -0.507 e. The molecule has 5 rings (SSSR count). The van der Waals surface area contributed by atoms with Gasteiger partial charge in [0.2, 0.25) is 0 Å². The molecule has 0 unspecified atom stereocenters. The van der Waals surface area contributed by atoms with E-state index in [0.29, 0.717) is 44.9 Å². The van der Waals surface area contributed by atoms with Gasteiger partial charge in [-0.25, -0.2) is 4.98 Å². The summed E-state index contributed by atoms with van der Waals surface area (Å²) in [4.78, 5) is 33.6. The van der Waals surface area contributed by atoms with Crippen LogP contribution in [0.25, 0.3) is 22.4 Å². The summed E-state index contributed by atoms with van der Waals surface area (Å²) < 4.78 is 5.11. The molecule has 0 radical (unpaired) electrons. The first-order chi connectivity index (χ1) is 13.6. The maximum atomic E-state index is 13.1. The quantitative estimate of drug-likeness (QED) is 0.494. The fourth-order valence-corrected chi connectivity index (χ4v) is 3.62. The van der Waals surface area contributed by atoms with E-state index < -0.39 is 0 Å². The van der Waals surface area contributed by atoms with Gasteiger partial charge in [-0.05, 0) is 24.3 Å². The highest BCUT2D eigenvalue weighted by Crippen LogP contribution is 2.35. The van der Waals surface area contributed by atoms with Crippen molar-refractivity contribution in [1.29, 1.82) is 0 Å². The number of hydrogen-bond acceptors (Lipinski definition) is 5. The van der Waals surface area contributed by atoms with Crippen molar-refractivity contribution in [3.05, 3.63) is 76.9 Å². The highest BCUT2D eigenvalue weighted by Gasteiger charge is 2.32. The first-order valence-corrected chi connectivity index (χ1v) is 8.67. The second kappa shape index (κ2) is 5.79. The second-order valence-corrected chi connectivity index (χ2v) is 6.56. The molecule has 0 saturated heterocycles. The number of methoxy groups -OCH3 is 1. The highest BCUT2D eigenvalue weighted by atomic mass is 16.5. The fraction of sp³-hybridized carbons (Fsp3) is 0.0455. The van der Waals surface area contributed by atoms with E-state index in [1.807, 2.05) is 0 Å². The van der Waals surface area contributed by atoms with E-state index in [1.54, 1.807) is 48.5 Å². The number of aromatic nitrogens is 2. The van der Waals surface area contributed by atoms with Gasteiger partial charge in [-0.1, -0.05) is 24.3 Å². The van der Waals surface area contributed by atoms with Crippen molar-refractivity contribution in [3.8, 4) is 22.9 Å². The van der Waals surface area contributed by atoms with Gasteiger partial charge in [0.15, 0.2) is 11.6 Å². The Morgan fingerprint density at radius 2 is 1.61 bits per heavy atom. The van der Waals surface area contributed by atoms with Crippen molar-refractivity contribution in [1.82, 2.24) is 9.97 Å². The molecule has 0 fully saturated rings. The average molecular weight is 370 g/mol. The largest absolute Gasteiger partial charge is 0.507 e. The number of ketones is 2. The molecule has 1 aromatic heterocycles. The molecule has 0 spiro atoms. The summed E-state index contributed by atoms with van der Waals surface area (Å²) in [6.45, 7) is 0. The average Bonchev–Trinajstić information content (AvgIpc) is 3.15. The lowest BCUT2D eigenvalue weighted by Gasteiger charge is -2.17. The topological polar surface area (TPSA) is 92.3 Å². The van der Waals surface area contributed by atoms with Gasteiger partial charge >= 0.3 is 0 Å². The van der Waals surface area contributed by atoms with Gasteiger partial charge < -0.3 is 14.8 Å². The Morgan fingerprint density at radius 1 is 0.893 bits per heavy atom. The van der Waals surface area contributed by atoms with Crippen molar-refractivity contribution in [2.45, 2.75) is 0 Å². The summed E-state index contributed by atoms with van der Waals surface area (Å²) in [5, 5.41) is 10.3. The number of rotatable bonds is 2. The third-order valence-electron chi connectivity index (χ3n) is 5.00. The molecule has 0 bridgehead atoms. The number of H-pyrrole nitrogens is 1. The SMILES string of the molecule is COc1ccc(-c2nc3c4c(ccc3[nH]2)C(=O)c2ccccc2C4=O)c(O)c1. The maximum absolute atomic E-state index is 13.1. The minimum absolute atomic E-state index is 0.0000206. The first-order valence-electron chi connectivity index (χ1n) is 8.67. The Kier molecular flexibility index (Phi) is 3.36. The van der Waals surface area contributed by atoms with Crippen molar-refractivity contribution in [2.75, 3.05) is 7.11 Å². The maximum Gasteiger partial charge on any atom is 0.196 e. The number of hydrogen-bond donors (Lipinski definition) is 2. The van der Waals surface area contributed by atoms with Crippen LogP contribution in [0.5, 0.6) is 11.5 Å². The Hall–Kier alpha value is -3.93. The predicted molar refractivity (Wildman–Crippen MR) is 103 cm³/mol. The van der Waals surface area contributed by atoms with E-state index in [2.05, 4.69) is 9.97 Å². The number of ether oxygens (including phenoxy) is 1. The fourth-order valence-electron chi connectivity index (χ4n) is 3.62. The molecule has 0 amide bonds. The molecule has 4 aromatic rings.